The molecule has 1 amide bonds. The van der Waals surface area contributed by atoms with Crippen LogP contribution >= 0.6 is 0 Å². The Hall–Kier alpha value is -2.22. The highest BCUT2D eigenvalue weighted by atomic mass is 16.5. The zero-order valence-electron chi connectivity index (χ0n) is 13.7. The second-order valence-electron chi connectivity index (χ2n) is 6.35. The van der Waals surface area contributed by atoms with Crippen LogP contribution < -0.4 is 5.32 Å². The van der Waals surface area contributed by atoms with Crippen LogP contribution in [0, 0.1) is 0 Å². The molecule has 2 atom stereocenters. The fourth-order valence-electron chi connectivity index (χ4n) is 3.42. The van der Waals surface area contributed by atoms with Gasteiger partial charge in [0.1, 0.15) is 11.9 Å². The number of ether oxygens (including phenoxy) is 1. The number of aryl methyl sites for hydroxylation is 1. The molecule has 2 aromatic heterocycles. The van der Waals surface area contributed by atoms with Gasteiger partial charge in [0, 0.05) is 19.6 Å². The highest BCUT2D eigenvalue weighted by Crippen LogP contribution is 2.30. The fraction of sp³-hybridized carbons (Fsp3) is 0.625. The van der Waals surface area contributed by atoms with Crippen molar-refractivity contribution in [3.8, 4) is 0 Å². The molecule has 4 heterocycles. The number of rotatable bonds is 4. The predicted octanol–water partition coefficient (Wildman–Crippen LogP) is 1.94. The average Bonchev–Trinajstić information content (AvgIpc) is 3.33. The van der Waals surface area contributed by atoms with Gasteiger partial charge in [-0.15, -0.1) is 10.2 Å². The molecule has 0 aliphatic carbocycles. The lowest BCUT2D eigenvalue weighted by Crippen LogP contribution is -2.30. The average molecular weight is 331 g/mol. The Balaban J connectivity index is 1.50. The van der Waals surface area contributed by atoms with Crippen molar-refractivity contribution in [3.63, 3.8) is 0 Å². The Morgan fingerprint density at radius 3 is 3.12 bits per heavy atom. The lowest BCUT2D eigenvalue weighted by Gasteiger charge is -2.18. The Morgan fingerprint density at radius 2 is 2.29 bits per heavy atom. The van der Waals surface area contributed by atoms with E-state index >= 15 is 0 Å². The third kappa shape index (κ3) is 2.71. The zero-order valence-corrected chi connectivity index (χ0v) is 13.7. The number of carbonyl (C=O) groups excluding carboxylic acids is 1. The molecular weight excluding hydrogens is 310 g/mol. The predicted molar refractivity (Wildman–Crippen MR) is 83.3 cm³/mol. The monoisotopic (exact) mass is 331 g/mol. The van der Waals surface area contributed by atoms with Crippen LogP contribution in [0.25, 0.3) is 0 Å². The topological polar surface area (TPSA) is 95.1 Å². The summed E-state index contributed by atoms with van der Waals surface area (Å²) in [5, 5.41) is 11.5. The van der Waals surface area contributed by atoms with E-state index in [0.717, 1.165) is 50.3 Å². The van der Waals surface area contributed by atoms with Gasteiger partial charge in [-0.25, -0.2) is 4.98 Å². The third-order valence-corrected chi connectivity index (χ3v) is 4.66. The number of hydrogen-bond acceptors (Lipinski definition) is 6. The molecule has 1 N–H and O–H groups in total. The van der Waals surface area contributed by atoms with Gasteiger partial charge in [-0.05, 0) is 32.6 Å². The summed E-state index contributed by atoms with van der Waals surface area (Å²) >= 11 is 0. The first-order chi connectivity index (χ1) is 11.7. The Morgan fingerprint density at radius 1 is 1.38 bits per heavy atom. The van der Waals surface area contributed by atoms with Crippen LogP contribution in [0.3, 0.4) is 0 Å². The molecule has 0 radical (unpaired) electrons. The summed E-state index contributed by atoms with van der Waals surface area (Å²) in [5.41, 5.74) is 0.298. The molecule has 24 heavy (non-hydrogen) atoms. The molecule has 2 aliphatic heterocycles. The maximum atomic E-state index is 12.6. The van der Waals surface area contributed by atoms with E-state index in [2.05, 4.69) is 25.1 Å². The summed E-state index contributed by atoms with van der Waals surface area (Å²) in [5.74, 6) is 2.04. The Kier molecular flexibility index (Phi) is 4.05. The summed E-state index contributed by atoms with van der Waals surface area (Å²) in [6.45, 7) is 3.51. The minimum absolute atomic E-state index is 0.176. The van der Waals surface area contributed by atoms with Crippen LogP contribution in [0.2, 0.25) is 0 Å². The minimum Gasteiger partial charge on any atom is -0.445 e. The Bertz CT molecular complexity index is 732. The largest absolute Gasteiger partial charge is 0.445 e. The van der Waals surface area contributed by atoms with Gasteiger partial charge in [-0.1, -0.05) is 0 Å². The molecule has 1 saturated heterocycles. The Labute approximate surface area is 139 Å². The second kappa shape index (κ2) is 6.35. The lowest BCUT2D eigenvalue weighted by atomic mass is 10.1. The van der Waals surface area contributed by atoms with E-state index < -0.39 is 0 Å². The SMILES string of the molecule is C[C@@H](NC(=O)c1ncoc1[C@H]1CCCO1)c1nnc2n1CCCC2. The number of aromatic nitrogens is 4. The molecular formula is C16H21N5O3. The maximum absolute atomic E-state index is 12.6. The van der Waals surface area contributed by atoms with Crippen molar-refractivity contribution < 1.29 is 13.9 Å². The standard InChI is InChI=1S/C16H21N5O3/c1-10(15-20-19-12-6-2-3-7-21(12)15)18-16(22)13-14(24-9-17-13)11-5-4-8-23-11/h9-11H,2-8H2,1H3,(H,18,22)/t10-,11-/m1/s1. The lowest BCUT2D eigenvalue weighted by molar-refractivity contribution is 0.0853. The summed E-state index contributed by atoms with van der Waals surface area (Å²) in [6, 6.07) is -0.245. The highest BCUT2D eigenvalue weighted by molar-refractivity contribution is 5.93. The van der Waals surface area contributed by atoms with E-state index in [-0.39, 0.29) is 18.1 Å². The number of oxazole rings is 1. The molecule has 8 nitrogen and oxygen atoms in total. The molecule has 0 spiro atoms. The molecule has 4 rings (SSSR count). The normalized spacial score (nSPS) is 21.5. The van der Waals surface area contributed by atoms with Crippen LogP contribution in [-0.4, -0.2) is 32.3 Å². The van der Waals surface area contributed by atoms with Crippen molar-refractivity contribution in [1.29, 1.82) is 0 Å². The van der Waals surface area contributed by atoms with Crippen molar-refractivity contribution in [1.82, 2.24) is 25.1 Å². The summed E-state index contributed by atoms with van der Waals surface area (Å²) in [4.78, 5) is 16.7. The van der Waals surface area contributed by atoms with Crippen molar-refractivity contribution in [2.24, 2.45) is 0 Å². The minimum atomic E-state index is -0.269. The first-order valence-corrected chi connectivity index (χ1v) is 8.52. The number of nitrogens with one attached hydrogen (secondary N) is 1. The van der Waals surface area contributed by atoms with E-state index in [1.165, 1.54) is 6.39 Å². The number of nitrogens with zero attached hydrogens (tertiary/aromatic N) is 4. The molecule has 0 unspecified atom stereocenters. The fourth-order valence-corrected chi connectivity index (χ4v) is 3.42. The smallest absolute Gasteiger partial charge is 0.274 e. The molecule has 2 aromatic rings. The number of hydrogen-bond donors (Lipinski definition) is 1. The molecule has 1 fully saturated rings. The van der Waals surface area contributed by atoms with Crippen molar-refractivity contribution >= 4 is 5.91 Å². The summed E-state index contributed by atoms with van der Waals surface area (Å²) in [6.07, 6.45) is 6.14. The highest BCUT2D eigenvalue weighted by Gasteiger charge is 2.29. The van der Waals surface area contributed by atoms with Crippen LogP contribution in [0.5, 0.6) is 0 Å². The number of amides is 1. The van der Waals surface area contributed by atoms with Gasteiger partial charge in [0.05, 0.1) is 6.04 Å². The molecule has 0 aromatic carbocycles. The molecule has 8 heteroatoms. The van der Waals surface area contributed by atoms with E-state index in [1.807, 2.05) is 6.92 Å². The molecule has 0 bridgehead atoms. The van der Waals surface area contributed by atoms with E-state index in [0.29, 0.717) is 18.1 Å². The van der Waals surface area contributed by atoms with Gasteiger partial charge >= 0.3 is 0 Å². The van der Waals surface area contributed by atoms with Crippen LogP contribution in [0.1, 0.15) is 72.7 Å². The molecule has 2 aliphatic rings. The third-order valence-electron chi connectivity index (χ3n) is 4.66. The van der Waals surface area contributed by atoms with Crippen LogP contribution in [0.4, 0.5) is 0 Å². The quantitative estimate of drug-likeness (QED) is 0.920. The summed E-state index contributed by atoms with van der Waals surface area (Å²) < 4.78 is 13.1. The van der Waals surface area contributed by atoms with Crippen LogP contribution in [-0.2, 0) is 17.7 Å². The van der Waals surface area contributed by atoms with Gasteiger partial charge in [0.2, 0.25) is 0 Å². The van der Waals surface area contributed by atoms with Gasteiger partial charge in [-0.2, -0.15) is 0 Å². The van der Waals surface area contributed by atoms with E-state index in [9.17, 15) is 4.79 Å². The van der Waals surface area contributed by atoms with E-state index in [1.54, 1.807) is 0 Å². The molecule has 128 valence electrons. The van der Waals surface area contributed by atoms with Gasteiger partial charge in [-0.3, -0.25) is 4.79 Å². The summed E-state index contributed by atoms with van der Waals surface area (Å²) in [7, 11) is 0. The number of fused-ring (bicyclic) bond motifs is 1. The van der Waals surface area contributed by atoms with Gasteiger partial charge in [0.15, 0.2) is 23.7 Å². The van der Waals surface area contributed by atoms with Crippen molar-refractivity contribution in [2.45, 2.75) is 57.7 Å². The zero-order chi connectivity index (χ0) is 16.5. The van der Waals surface area contributed by atoms with Gasteiger partial charge in [0.25, 0.3) is 5.91 Å². The van der Waals surface area contributed by atoms with Crippen LogP contribution in [0.15, 0.2) is 10.8 Å². The first kappa shape index (κ1) is 15.3. The van der Waals surface area contributed by atoms with Gasteiger partial charge < -0.3 is 19.0 Å². The number of carbonyl (C=O) groups is 1. The van der Waals surface area contributed by atoms with E-state index in [4.69, 9.17) is 9.15 Å². The molecule has 0 saturated carbocycles. The maximum Gasteiger partial charge on any atom is 0.274 e. The van der Waals surface area contributed by atoms with Crippen molar-refractivity contribution in [2.75, 3.05) is 6.61 Å². The first-order valence-electron chi connectivity index (χ1n) is 8.52. The second-order valence-corrected chi connectivity index (χ2v) is 6.35. The van der Waals surface area contributed by atoms with Crippen molar-refractivity contribution in [3.05, 3.63) is 29.5 Å².